The monoisotopic (exact) mass is 520 g/mol. The van der Waals surface area contributed by atoms with Crippen molar-refractivity contribution in [2.24, 2.45) is 0 Å². The standard InChI is InChI=1S/C26H20N2O6S2/c1-2-33-22-13-18(11-12-21(22)34-25(30)19-9-6-10-20(15-19)28(31)32)14-23-24(29)27(26(35)36-23)16-17-7-4-3-5-8-17/h3-15H,2,16H2,1H3/b23-14+. The summed E-state index contributed by atoms with van der Waals surface area (Å²) >= 11 is 6.64. The molecule has 8 nitrogen and oxygen atoms in total. The van der Waals surface area contributed by atoms with Crippen molar-refractivity contribution in [1.29, 1.82) is 0 Å². The van der Waals surface area contributed by atoms with Gasteiger partial charge in [0, 0.05) is 12.1 Å². The van der Waals surface area contributed by atoms with Crippen LogP contribution in [0.2, 0.25) is 0 Å². The highest BCUT2D eigenvalue weighted by atomic mass is 32.2. The molecule has 1 aliphatic heterocycles. The molecule has 0 radical (unpaired) electrons. The first kappa shape index (κ1) is 25.1. The fourth-order valence-electron chi connectivity index (χ4n) is 3.43. The molecule has 0 spiro atoms. The second-order valence-electron chi connectivity index (χ2n) is 7.59. The van der Waals surface area contributed by atoms with E-state index in [1.165, 1.54) is 30.0 Å². The number of amides is 1. The quantitative estimate of drug-likeness (QED) is 0.0943. The first-order valence-electron chi connectivity index (χ1n) is 10.9. The Balaban J connectivity index is 1.54. The van der Waals surface area contributed by atoms with Crippen molar-refractivity contribution in [3.8, 4) is 11.5 Å². The van der Waals surface area contributed by atoms with Crippen molar-refractivity contribution in [3.05, 3.63) is 105 Å². The van der Waals surface area contributed by atoms with Gasteiger partial charge in [0.25, 0.3) is 11.6 Å². The molecule has 1 amide bonds. The van der Waals surface area contributed by atoms with Gasteiger partial charge in [-0.05, 0) is 42.3 Å². The number of carbonyl (C=O) groups is 2. The zero-order valence-corrected chi connectivity index (χ0v) is 20.7. The summed E-state index contributed by atoms with van der Waals surface area (Å²) in [4.78, 5) is 38.0. The lowest BCUT2D eigenvalue weighted by Crippen LogP contribution is -2.27. The van der Waals surface area contributed by atoms with Crippen molar-refractivity contribution in [2.45, 2.75) is 13.5 Å². The summed E-state index contributed by atoms with van der Waals surface area (Å²) in [5.41, 5.74) is 1.46. The SMILES string of the molecule is CCOc1cc(/C=C2/SC(=S)N(Cc3ccccc3)C2=O)ccc1OC(=O)c1cccc([N+](=O)[O-])c1. The summed E-state index contributed by atoms with van der Waals surface area (Å²) in [7, 11) is 0. The number of benzene rings is 3. The molecule has 36 heavy (non-hydrogen) atoms. The fourth-order valence-corrected chi connectivity index (χ4v) is 4.68. The number of thioether (sulfide) groups is 1. The number of esters is 1. The second kappa shape index (κ2) is 11.1. The molecule has 1 saturated heterocycles. The molecule has 3 aromatic carbocycles. The van der Waals surface area contributed by atoms with Crippen LogP contribution in [0.3, 0.4) is 0 Å². The number of nitro benzene ring substituents is 1. The van der Waals surface area contributed by atoms with E-state index in [2.05, 4.69) is 0 Å². The Labute approximate surface area is 216 Å². The van der Waals surface area contributed by atoms with E-state index < -0.39 is 10.9 Å². The van der Waals surface area contributed by atoms with E-state index in [1.54, 1.807) is 36.1 Å². The van der Waals surface area contributed by atoms with Crippen LogP contribution >= 0.6 is 24.0 Å². The van der Waals surface area contributed by atoms with Gasteiger partial charge in [0.15, 0.2) is 11.5 Å². The van der Waals surface area contributed by atoms with Gasteiger partial charge < -0.3 is 9.47 Å². The zero-order valence-electron chi connectivity index (χ0n) is 19.1. The summed E-state index contributed by atoms with van der Waals surface area (Å²) in [6.07, 6.45) is 1.71. The fraction of sp³-hybridized carbons (Fsp3) is 0.115. The molecule has 182 valence electrons. The number of thiocarbonyl (C=S) groups is 1. The molecule has 0 aromatic heterocycles. The van der Waals surface area contributed by atoms with E-state index in [9.17, 15) is 19.7 Å². The van der Waals surface area contributed by atoms with Crippen molar-refractivity contribution in [1.82, 2.24) is 4.90 Å². The van der Waals surface area contributed by atoms with Crippen molar-refractivity contribution in [2.75, 3.05) is 6.61 Å². The van der Waals surface area contributed by atoms with Gasteiger partial charge >= 0.3 is 5.97 Å². The van der Waals surface area contributed by atoms with Gasteiger partial charge in [-0.2, -0.15) is 0 Å². The first-order chi connectivity index (χ1) is 17.4. The van der Waals surface area contributed by atoms with Gasteiger partial charge in [-0.15, -0.1) is 0 Å². The number of hydrogen-bond donors (Lipinski definition) is 0. The Bertz CT molecular complexity index is 1370. The predicted molar refractivity (Wildman–Crippen MR) is 141 cm³/mol. The van der Waals surface area contributed by atoms with Gasteiger partial charge in [-0.25, -0.2) is 4.79 Å². The molecular formula is C26H20N2O6S2. The number of non-ortho nitro benzene ring substituents is 1. The lowest BCUT2D eigenvalue weighted by molar-refractivity contribution is -0.384. The molecule has 4 rings (SSSR count). The zero-order chi connectivity index (χ0) is 25.7. The lowest BCUT2D eigenvalue weighted by atomic mass is 10.1. The van der Waals surface area contributed by atoms with Crippen LogP contribution in [0.5, 0.6) is 11.5 Å². The minimum atomic E-state index is -0.755. The summed E-state index contributed by atoms with van der Waals surface area (Å²) in [5.74, 6) is -0.492. The van der Waals surface area contributed by atoms with Gasteiger partial charge in [0.05, 0.1) is 28.5 Å². The number of carbonyl (C=O) groups excluding carboxylic acids is 2. The molecule has 10 heteroatoms. The number of nitrogens with zero attached hydrogens (tertiary/aromatic N) is 2. The molecule has 0 unspecified atom stereocenters. The molecule has 1 fully saturated rings. The topological polar surface area (TPSA) is 99.0 Å². The third-order valence-electron chi connectivity index (χ3n) is 5.12. The Kier molecular flexibility index (Phi) is 7.77. The van der Waals surface area contributed by atoms with Crippen molar-refractivity contribution < 1.29 is 24.0 Å². The third-order valence-corrected chi connectivity index (χ3v) is 6.50. The minimum absolute atomic E-state index is 0.0396. The van der Waals surface area contributed by atoms with E-state index in [0.717, 1.165) is 11.6 Å². The highest BCUT2D eigenvalue weighted by Crippen LogP contribution is 2.36. The van der Waals surface area contributed by atoms with Gasteiger partial charge in [-0.1, -0.05) is 66.4 Å². The van der Waals surface area contributed by atoms with E-state index >= 15 is 0 Å². The Morgan fingerprint density at radius 1 is 1.08 bits per heavy atom. The largest absolute Gasteiger partial charge is 0.490 e. The van der Waals surface area contributed by atoms with E-state index in [-0.39, 0.29) is 22.9 Å². The summed E-state index contributed by atoms with van der Waals surface area (Å²) in [6, 6.07) is 19.8. The molecule has 1 heterocycles. The van der Waals surface area contributed by atoms with Crippen LogP contribution in [-0.2, 0) is 11.3 Å². The van der Waals surface area contributed by atoms with Gasteiger partial charge in [0.1, 0.15) is 4.32 Å². The van der Waals surface area contributed by atoms with Crippen LogP contribution in [0.25, 0.3) is 6.08 Å². The third kappa shape index (κ3) is 5.78. The van der Waals surface area contributed by atoms with Crippen LogP contribution in [0, 0.1) is 10.1 Å². The molecule has 0 N–H and O–H groups in total. The van der Waals surface area contributed by atoms with Crippen LogP contribution < -0.4 is 9.47 Å². The second-order valence-corrected chi connectivity index (χ2v) is 9.27. The number of nitro groups is 1. The first-order valence-corrected chi connectivity index (χ1v) is 12.1. The Morgan fingerprint density at radius 3 is 2.58 bits per heavy atom. The van der Waals surface area contributed by atoms with Gasteiger partial charge in [-0.3, -0.25) is 19.8 Å². The molecule has 1 aliphatic rings. The number of rotatable bonds is 8. The molecule has 0 aliphatic carbocycles. The Morgan fingerprint density at radius 2 is 1.86 bits per heavy atom. The average Bonchev–Trinajstić information content (AvgIpc) is 3.13. The van der Waals surface area contributed by atoms with E-state index in [4.69, 9.17) is 21.7 Å². The van der Waals surface area contributed by atoms with Crippen LogP contribution in [0.4, 0.5) is 5.69 Å². The number of ether oxygens (including phenoxy) is 2. The summed E-state index contributed by atoms with van der Waals surface area (Å²) < 4.78 is 11.6. The maximum Gasteiger partial charge on any atom is 0.343 e. The predicted octanol–water partition coefficient (Wildman–Crippen LogP) is 5.61. The van der Waals surface area contributed by atoms with Gasteiger partial charge in [0.2, 0.25) is 0 Å². The van der Waals surface area contributed by atoms with Crippen LogP contribution in [0.1, 0.15) is 28.4 Å². The molecular weight excluding hydrogens is 500 g/mol. The van der Waals surface area contributed by atoms with Crippen LogP contribution in [-0.4, -0.2) is 32.6 Å². The normalized spacial score (nSPS) is 14.2. The van der Waals surface area contributed by atoms with E-state index in [0.29, 0.717) is 33.7 Å². The highest BCUT2D eigenvalue weighted by Gasteiger charge is 2.32. The molecule has 3 aromatic rings. The summed E-state index contributed by atoms with van der Waals surface area (Å²) in [6.45, 7) is 2.48. The average molecular weight is 521 g/mol. The van der Waals surface area contributed by atoms with E-state index in [1.807, 2.05) is 30.3 Å². The maximum atomic E-state index is 13.0. The van der Waals surface area contributed by atoms with Crippen molar-refractivity contribution >= 4 is 51.9 Å². The Hall–Kier alpha value is -4.02. The maximum absolute atomic E-state index is 13.0. The van der Waals surface area contributed by atoms with Crippen molar-refractivity contribution in [3.63, 3.8) is 0 Å². The smallest absolute Gasteiger partial charge is 0.343 e. The molecule has 0 atom stereocenters. The lowest BCUT2D eigenvalue weighted by Gasteiger charge is -2.14. The molecule has 0 saturated carbocycles. The minimum Gasteiger partial charge on any atom is -0.490 e. The molecule has 0 bridgehead atoms. The highest BCUT2D eigenvalue weighted by molar-refractivity contribution is 8.26. The number of hydrogen-bond acceptors (Lipinski definition) is 8. The van der Waals surface area contributed by atoms with Crippen LogP contribution in [0.15, 0.2) is 77.7 Å². The summed E-state index contributed by atoms with van der Waals surface area (Å²) in [5, 5.41) is 11.0.